The second kappa shape index (κ2) is 6.49. The van der Waals surface area contributed by atoms with Gasteiger partial charge in [-0.1, -0.05) is 0 Å². The van der Waals surface area contributed by atoms with Crippen molar-refractivity contribution in [2.24, 2.45) is 0 Å². The first-order valence-electron chi connectivity index (χ1n) is 8.63. The summed E-state index contributed by atoms with van der Waals surface area (Å²) in [5.74, 6) is -6.03. The quantitative estimate of drug-likeness (QED) is 0.761. The average molecular weight is 398 g/mol. The van der Waals surface area contributed by atoms with Crippen molar-refractivity contribution in [2.45, 2.75) is 50.8 Å². The van der Waals surface area contributed by atoms with Gasteiger partial charge in [-0.3, -0.25) is 4.79 Å². The van der Waals surface area contributed by atoms with E-state index >= 15 is 0 Å². The summed E-state index contributed by atoms with van der Waals surface area (Å²) in [6.07, 6.45) is 2.29. The maximum absolute atomic E-state index is 14.2. The molecule has 9 heteroatoms. The number of hydrogen-bond donors (Lipinski definition) is 2. The van der Waals surface area contributed by atoms with E-state index in [9.17, 15) is 28.2 Å². The van der Waals surface area contributed by atoms with Gasteiger partial charge in [-0.25, -0.2) is 13.8 Å². The lowest BCUT2D eigenvalue weighted by Gasteiger charge is -2.37. The highest BCUT2D eigenvalue weighted by Gasteiger charge is 2.43. The van der Waals surface area contributed by atoms with Crippen molar-refractivity contribution in [3.05, 3.63) is 34.1 Å². The summed E-state index contributed by atoms with van der Waals surface area (Å²) < 4.78 is 41.1. The largest absolute Gasteiger partial charge is 0.503 e. The first kappa shape index (κ1) is 18.2. The van der Waals surface area contributed by atoms with E-state index in [1.807, 2.05) is 0 Å². The summed E-state index contributed by atoms with van der Waals surface area (Å²) in [4.78, 5) is 19.2. The van der Waals surface area contributed by atoms with Crippen molar-refractivity contribution < 1.29 is 28.2 Å². The van der Waals surface area contributed by atoms with Crippen molar-refractivity contribution in [1.29, 1.82) is 0 Å². The van der Waals surface area contributed by atoms with Crippen molar-refractivity contribution in [3.8, 4) is 16.3 Å². The molecule has 1 unspecified atom stereocenters. The predicted molar refractivity (Wildman–Crippen MR) is 92.0 cm³/mol. The number of aryl methyl sites for hydroxylation is 1. The third-order valence-corrected chi connectivity index (χ3v) is 6.48. The number of aliphatic hydroxyl groups excluding tert-OH is 1. The van der Waals surface area contributed by atoms with Crippen LogP contribution in [0.25, 0.3) is 10.6 Å². The zero-order chi connectivity index (χ0) is 19.5. The summed E-state index contributed by atoms with van der Waals surface area (Å²) >= 11 is 0.879. The van der Waals surface area contributed by atoms with Crippen LogP contribution >= 0.6 is 11.3 Å². The number of phenolic OH excluding ortho intramolecular Hbond substituents is 1. The van der Waals surface area contributed by atoms with Gasteiger partial charge < -0.3 is 15.1 Å². The third kappa shape index (κ3) is 2.89. The molecule has 0 radical (unpaired) electrons. The Balaban J connectivity index is 1.70. The van der Waals surface area contributed by atoms with Crippen LogP contribution in [0.15, 0.2) is 6.07 Å². The molecule has 2 saturated heterocycles. The molecular weight excluding hydrogens is 381 g/mol. The van der Waals surface area contributed by atoms with Crippen molar-refractivity contribution >= 4 is 17.2 Å². The van der Waals surface area contributed by atoms with E-state index in [1.165, 1.54) is 0 Å². The van der Waals surface area contributed by atoms with Crippen molar-refractivity contribution in [1.82, 2.24) is 9.88 Å². The third-order valence-electron chi connectivity index (χ3n) is 5.30. The summed E-state index contributed by atoms with van der Waals surface area (Å²) in [5.41, 5.74) is -0.0373. The van der Waals surface area contributed by atoms with E-state index in [0.717, 1.165) is 24.2 Å². The zero-order valence-electron chi connectivity index (χ0n) is 14.4. The molecule has 144 valence electrons. The molecule has 2 N–H and O–H groups in total. The minimum Gasteiger partial charge on any atom is -0.503 e. The molecule has 3 heterocycles. The van der Waals surface area contributed by atoms with Gasteiger partial charge in [0.05, 0.1) is 17.4 Å². The molecule has 4 rings (SSSR count). The van der Waals surface area contributed by atoms with Gasteiger partial charge in [-0.05, 0) is 38.7 Å². The van der Waals surface area contributed by atoms with Gasteiger partial charge in [0.15, 0.2) is 17.4 Å². The Labute approximate surface area is 157 Å². The molecule has 5 nitrogen and oxygen atoms in total. The Morgan fingerprint density at radius 3 is 2.48 bits per heavy atom. The number of halogens is 3. The second-order valence-corrected chi connectivity index (χ2v) is 8.04. The van der Waals surface area contributed by atoms with Crippen LogP contribution in [-0.2, 0) is 0 Å². The average Bonchev–Trinajstić information content (AvgIpc) is 3.13. The standard InChI is InChI=1S/C18H17F3N2O3S/c1-7-16(18(26)23-8-2-3-9(23)5-10(24)4-8)27-17(22-7)11-6-12(19)14(21)15(25)13(11)20/h6,8-10,24-25H,2-5H2,1H3/t8-,9+,10?. The molecule has 2 fully saturated rings. The van der Waals surface area contributed by atoms with Crippen LogP contribution in [0.2, 0.25) is 0 Å². The Morgan fingerprint density at radius 1 is 1.22 bits per heavy atom. The fourth-order valence-corrected chi connectivity index (χ4v) is 5.07. The number of carbonyl (C=O) groups is 1. The molecule has 3 atom stereocenters. The lowest BCUT2D eigenvalue weighted by molar-refractivity contribution is 0.0290. The number of piperidine rings is 1. The molecule has 1 aromatic carbocycles. The SMILES string of the molecule is Cc1nc(-c2cc(F)c(F)c(O)c2F)sc1C(=O)N1[C@@H]2CC[C@H]1CC(O)C2. The van der Waals surface area contributed by atoms with Gasteiger partial charge in [0.1, 0.15) is 9.88 Å². The van der Waals surface area contributed by atoms with Gasteiger partial charge in [-0.15, -0.1) is 11.3 Å². The maximum atomic E-state index is 14.2. The van der Waals surface area contributed by atoms with Crippen molar-refractivity contribution in [2.75, 3.05) is 0 Å². The number of fused-ring (bicyclic) bond motifs is 2. The lowest BCUT2D eigenvalue weighted by Crippen LogP contribution is -2.47. The normalized spacial score (nSPS) is 24.5. The number of aromatic hydroxyl groups is 1. The summed E-state index contributed by atoms with van der Waals surface area (Å²) in [6.45, 7) is 1.59. The van der Waals surface area contributed by atoms with Gasteiger partial charge in [0, 0.05) is 12.1 Å². The van der Waals surface area contributed by atoms with Gasteiger partial charge in [0.25, 0.3) is 5.91 Å². The van der Waals surface area contributed by atoms with E-state index in [2.05, 4.69) is 4.98 Å². The number of benzene rings is 1. The van der Waals surface area contributed by atoms with E-state index in [-0.39, 0.29) is 23.0 Å². The number of aromatic nitrogens is 1. The highest BCUT2D eigenvalue weighted by atomic mass is 32.1. The summed E-state index contributed by atoms with van der Waals surface area (Å²) in [5, 5.41) is 19.3. The first-order valence-corrected chi connectivity index (χ1v) is 9.44. The molecule has 2 aliphatic heterocycles. The highest BCUT2D eigenvalue weighted by molar-refractivity contribution is 7.17. The number of phenols is 1. The van der Waals surface area contributed by atoms with Gasteiger partial charge in [0.2, 0.25) is 5.82 Å². The first-order chi connectivity index (χ1) is 12.8. The van der Waals surface area contributed by atoms with Gasteiger partial charge in [-0.2, -0.15) is 4.39 Å². The molecule has 27 heavy (non-hydrogen) atoms. The summed E-state index contributed by atoms with van der Waals surface area (Å²) in [7, 11) is 0. The highest BCUT2D eigenvalue weighted by Crippen LogP contribution is 2.40. The lowest BCUT2D eigenvalue weighted by atomic mass is 9.99. The molecule has 1 amide bonds. The molecule has 2 aromatic rings. The number of amides is 1. The van der Waals surface area contributed by atoms with E-state index in [0.29, 0.717) is 29.5 Å². The van der Waals surface area contributed by atoms with Crippen LogP contribution in [0.4, 0.5) is 13.2 Å². The minimum atomic E-state index is -1.66. The molecule has 0 aliphatic carbocycles. The minimum absolute atomic E-state index is 0.00746. The van der Waals surface area contributed by atoms with Gasteiger partial charge >= 0.3 is 0 Å². The van der Waals surface area contributed by atoms with Crippen LogP contribution in [0, 0.1) is 24.4 Å². The van der Waals surface area contributed by atoms with Crippen molar-refractivity contribution in [3.63, 3.8) is 0 Å². The van der Waals surface area contributed by atoms with E-state index in [4.69, 9.17) is 0 Å². The zero-order valence-corrected chi connectivity index (χ0v) is 15.2. The molecule has 2 aliphatic rings. The summed E-state index contributed by atoms with van der Waals surface area (Å²) in [6, 6.07) is 0.540. The maximum Gasteiger partial charge on any atom is 0.266 e. The molecular formula is C18H17F3N2O3S. The number of thiazole rings is 1. The topological polar surface area (TPSA) is 73.7 Å². The van der Waals surface area contributed by atoms with E-state index in [1.54, 1.807) is 11.8 Å². The Kier molecular flexibility index (Phi) is 4.38. The molecule has 0 saturated carbocycles. The molecule has 2 bridgehead atoms. The number of nitrogens with zero attached hydrogens (tertiary/aromatic N) is 2. The number of rotatable bonds is 2. The Hall–Kier alpha value is -2.13. The van der Waals surface area contributed by atoms with Crippen LogP contribution in [0.1, 0.15) is 41.0 Å². The van der Waals surface area contributed by atoms with Crippen LogP contribution in [0.3, 0.4) is 0 Å². The Morgan fingerprint density at radius 2 is 1.85 bits per heavy atom. The van der Waals surface area contributed by atoms with Crippen LogP contribution < -0.4 is 0 Å². The number of carbonyl (C=O) groups excluding carboxylic acids is 1. The monoisotopic (exact) mass is 398 g/mol. The van der Waals surface area contributed by atoms with Crippen LogP contribution in [-0.4, -0.2) is 44.2 Å². The predicted octanol–water partition coefficient (Wildman–Crippen LogP) is 3.37. The fraction of sp³-hybridized carbons (Fsp3) is 0.444. The number of hydrogen-bond acceptors (Lipinski definition) is 5. The smallest absolute Gasteiger partial charge is 0.266 e. The number of aliphatic hydroxyl groups is 1. The molecule has 0 spiro atoms. The van der Waals surface area contributed by atoms with E-state index < -0.39 is 34.9 Å². The molecule has 1 aromatic heterocycles. The second-order valence-electron chi connectivity index (χ2n) is 7.04. The fourth-order valence-electron chi connectivity index (χ4n) is 4.05. The van der Waals surface area contributed by atoms with Crippen LogP contribution in [0.5, 0.6) is 5.75 Å². The Bertz CT molecular complexity index is 919.